The normalized spacial score (nSPS) is 16.9. The zero-order chi connectivity index (χ0) is 20.4. The van der Waals surface area contributed by atoms with Crippen LogP contribution in [-0.2, 0) is 17.9 Å². The molecule has 1 fully saturated rings. The lowest BCUT2D eigenvalue weighted by Gasteiger charge is -2.22. The molecule has 1 aliphatic rings. The molecular weight excluding hydrogens is 375 g/mol. The fourth-order valence-corrected chi connectivity index (χ4v) is 3.78. The standard InChI is InChI=1S/C22H21FN2O4/c23-16-4-1-3-14(9-16)13-28-17-6-7-18-15(10-21(26)29-20(18)11-17)12-25-8-2-5-19(25)22(24)27/h1,3-4,6-7,9-11,19H,2,5,8,12-13H2,(H2,24,27)/t19-/m0/s1. The number of hydrogen-bond acceptors (Lipinski definition) is 5. The number of amides is 1. The number of carbonyl (C=O) groups is 1. The van der Waals surface area contributed by atoms with Gasteiger partial charge in [-0.2, -0.15) is 0 Å². The predicted octanol–water partition coefficient (Wildman–Crippen LogP) is 2.96. The highest BCUT2D eigenvalue weighted by Crippen LogP contribution is 2.26. The highest BCUT2D eigenvalue weighted by atomic mass is 19.1. The van der Waals surface area contributed by atoms with Crippen LogP contribution in [0.2, 0.25) is 0 Å². The van der Waals surface area contributed by atoms with Crippen LogP contribution in [0.1, 0.15) is 24.0 Å². The number of primary amides is 1. The topological polar surface area (TPSA) is 85.8 Å². The van der Waals surface area contributed by atoms with Gasteiger partial charge in [0, 0.05) is 24.1 Å². The van der Waals surface area contributed by atoms with E-state index >= 15 is 0 Å². The number of likely N-dealkylation sites (tertiary alicyclic amines) is 1. The average Bonchev–Trinajstić information content (AvgIpc) is 3.14. The van der Waals surface area contributed by atoms with E-state index in [9.17, 15) is 14.0 Å². The molecular formula is C22H21FN2O4. The van der Waals surface area contributed by atoms with Crippen molar-refractivity contribution in [2.75, 3.05) is 6.54 Å². The number of halogens is 1. The minimum absolute atomic E-state index is 0.196. The quantitative estimate of drug-likeness (QED) is 0.648. The zero-order valence-corrected chi connectivity index (χ0v) is 15.8. The molecule has 4 rings (SSSR count). The Kier molecular flexibility index (Phi) is 5.31. The van der Waals surface area contributed by atoms with E-state index in [0.717, 1.165) is 30.3 Å². The Balaban J connectivity index is 1.57. The van der Waals surface area contributed by atoms with E-state index in [1.807, 2.05) is 11.0 Å². The summed E-state index contributed by atoms with van der Waals surface area (Å²) < 4.78 is 24.4. The Bertz CT molecular complexity index is 1110. The summed E-state index contributed by atoms with van der Waals surface area (Å²) in [4.78, 5) is 25.7. The van der Waals surface area contributed by atoms with E-state index in [-0.39, 0.29) is 24.4 Å². The molecule has 6 nitrogen and oxygen atoms in total. The third-order valence-corrected chi connectivity index (χ3v) is 5.16. The predicted molar refractivity (Wildman–Crippen MR) is 106 cm³/mol. The number of ether oxygens (including phenoxy) is 1. The maximum Gasteiger partial charge on any atom is 0.336 e. The second-order valence-corrected chi connectivity index (χ2v) is 7.20. The van der Waals surface area contributed by atoms with Crippen LogP contribution in [0.15, 0.2) is 57.7 Å². The van der Waals surface area contributed by atoms with Crippen LogP contribution in [0, 0.1) is 5.82 Å². The Labute approximate surface area is 166 Å². The summed E-state index contributed by atoms with van der Waals surface area (Å²) in [6.07, 6.45) is 1.62. The van der Waals surface area contributed by atoms with Crippen LogP contribution in [-0.4, -0.2) is 23.4 Å². The summed E-state index contributed by atoms with van der Waals surface area (Å²) in [5, 5.41) is 0.776. The molecule has 0 saturated carbocycles. The summed E-state index contributed by atoms with van der Waals surface area (Å²) in [6.45, 7) is 1.39. The van der Waals surface area contributed by atoms with Gasteiger partial charge in [0.05, 0.1) is 6.04 Å². The van der Waals surface area contributed by atoms with Crippen LogP contribution < -0.4 is 16.1 Å². The first-order valence-electron chi connectivity index (χ1n) is 9.47. The van der Waals surface area contributed by atoms with E-state index in [1.54, 1.807) is 24.3 Å². The van der Waals surface area contributed by atoms with Crippen LogP contribution in [0.25, 0.3) is 11.0 Å². The summed E-state index contributed by atoms with van der Waals surface area (Å²) in [5.41, 5.74) is 6.91. The first-order valence-corrected chi connectivity index (χ1v) is 9.47. The largest absolute Gasteiger partial charge is 0.489 e. The summed E-state index contributed by atoms with van der Waals surface area (Å²) >= 11 is 0. The van der Waals surface area contributed by atoms with Gasteiger partial charge in [-0.15, -0.1) is 0 Å². The minimum Gasteiger partial charge on any atom is -0.489 e. The van der Waals surface area contributed by atoms with Crippen molar-refractivity contribution in [1.29, 1.82) is 0 Å². The molecule has 0 spiro atoms. The monoisotopic (exact) mass is 396 g/mol. The van der Waals surface area contributed by atoms with Gasteiger partial charge >= 0.3 is 5.63 Å². The van der Waals surface area contributed by atoms with E-state index < -0.39 is 5.63 Å². The number of benzene rings is 2. The van der Waals surface area contributed by atoms with Gasteiger partial charge in [-0.05, 0) is 54.8 Å². The Hall–Kier alpha value is -3.19. The number of rotatable bonds is 6. The van der Waals surface area contributed by atoms with Crippen molar-refractivity contribution in [3.05, 3.63) is 75.9 Å². The lowest BCUT2D eigenvalue weighted by atomic mass is 10.1. The molecule has 1 aliphatic heterocycles. The second-order valence-electron chi connectivity index (χ2n) is 7.20. The molecule has 2 heterocycles. The molecule has 1 atom stereocenters. The maximum absolute atomic E-state index is 13.3. The van der Waals surface area contributed by atoms with Crippen molar-refractivity contribution < 1.29 is 18.3 Å². The van der Waals surface area contributed by atoms with Gasteiger partial charge in [0.1, 0.15) is 23.8 Å². The van der Waals surface area contributed by atoms with Crippen molar-refractivity contribution in [1.82, 2.24) is 4.90 Å². The van der Waals surface area contributed by atoms with Crippen LogP contribution >= 0.6 is 0 Å². The minimum atomic E-state index is -0.468. The molecule has 0 bridgehead atoms. The van der Waals surface area contributed by atoms with Crippen LogP contribution in [0.5, 0.6) is 5.75 Å². The third kappa shape index (κ3) is 4.30. The fourth-order valence-electron chi connectivity index (χ4n) is 3.78. The Morgan fingerprint density at radius 1 is 1.24 bits per heavy atom. The zero-order valence-electron chi connectivity index (χ0n) is 15.8. The SMILES string of the molecule is NC(=O)[C@@H]1CCCN1Cc1cc(=O)oc2cc(OCc3cccc(F)c3)ccc12. The van der Waals surface area contributed by atoms with E-state index in [2.05, 4.69) is 0 Å². The molecule has 1 saturated heterocycles. The van der Waals surface area contributed by atoms with E-state index in [0.29, 0.717) is 23.4 Å². The molecule has 0 unspecified atom stereocenters. The van der Waals surface area contributed by atoms with E-state index in [4.69, 9.17) is 14.9 Å². The molecule has 7 heteroatoms. The lowest BCUT2D eigenvalue weighted by molar-refractivity contribution is -0.122. The van der Waals surface area contributed by atoms with Gasteiger partial charge in [0.2, 0.25) is 5.91 Å². The first kappa shape index (κ1) is 19.1. The van der Waals surface area contributed by atoms with Crippen molar-refractivity contribution in [3.8, 4) is 5.75 Å². The Morgan fingerprint density at radius 3 is 2.90 bits per heavy atom. The summed E-state index contributed by atoms with van der Waals surface area (Å²) in [6, 6.07) is 12.6. The molecule has 150 valence electrons. The molecule has 2 aromatic carbocycles. The van der Waals surface area contributed by atoms with Gasteiger partial charge in [0.25, 0.3) is 0 Å². The number of nitrogens with zero attached hydrogens (tertiary/aromatic N) is 1. The van der Waals surface area contributed by atoms with Crippen molar-refractivity contribution in [2.45, 2.75) is 32.0 Å². The maximum atomic E-state index is 13.3. The highest BCUT2D eigenvalue weighted by molar-refractivity contribution is 5.82. The summed E-state index contributed by atoms with van der Waals surface area (Å²) in [7, 11) is 0. The number of fused-ring (bicyclic) bond motifs is 1. The average molecular weight is 396 g/mol. The van der Waals surface area contributed by atoms with Crippen LogP contribution in [0.4, 0.5) is 4.39 Å². The van der Waals surface area contributed by atoms with Gasteiger partial charge in [-0.3, -0.25) is 9.69 Å². The molecule has 2 N–H and O–H groups in total. The molecule has 0 radical (unpaired) electrons. The van der Waals surface area contributed by atoms with Crippen LogP contribution in [0.3, 0.4) is 0 Å². The summed E-state index contributed by atoms with van der Waals surface area (Å²) in [5.74, 6) is -0.155. The van der Waals surface area contributed by atoms with Crippen molar-refractivity contribution in [2.24, 2.45) is 5.73 Å². The third-order valence-electron chi connectivity index (χ3n) is 5.16. The van der Waals surface area contributed by atoms with E-state index in [1.165, 1.54) is 18.2 Å². The highest BCUT2D eigenvalue weighted by Gasteiger charge is 2.29. The molecule has 29 heavy (non-hydrogen) atoms. The van der Waals surface area contributed by atoms with Gasteiger partial charge < -0.3 is 14.9 Å². The number of carbonyl (C=O) groups excluding carboxylic acids is 1. The molecule has 0 aliphatic carbocycles. The first-order chi connectivity index (χ1) is 14.0. The molecule has 3 aromatic rings. The Morgan fingerprint density at radius 2 is 2.10 bits per heavy atom. The molecule has 1 amide bonds. The van der Waals surface area contributed by atoms with Crippen molar-refractivity contribution in [3.63, 3.8) is 0 Å². The van der Waals surface area contributed by atoms with Gasteiger partial charge in [-0.25, -0.2) is 9.18 Å². The number of nitrogens with two attached hydrogens (primary N) is 1. The number of hydrogen-bond donors (Lipinski definition) is 1. The fraction of sp³-hybridized carbons (Fsp3) is 0.273. The van der Waals surface area contributed by atoms with Crippen molar-refractivity contribution >= 4 is 16.9 Å². The molecule has 1 aromatic heterocycles. The lowest BCUT2D eigenvalue weighted by Crippen LogP contribution is -2.39. The second kappa shape index (κ2) is 8.05. The van der Waals surface area contributed by atoms with Gasteiger partial charge in [0.15, 0.2) is 0 Å². The van der Waals surface area contributed by atoms with Gasteiger partial charge in [-0.1, -0.05) is 12.1 Å². The smallest absolute Gasteiger partial charge is 0.336 e.